The number of nitro groups is 1. The van der Waals surface area contributed by atoms with Gasteiger partial charge in [-0.3, -0.25) is 10.1 Å². The van der Waals surface area contributed by atoms with Gasteiger partial charge in [0.05, 0.1) is 10.5 Å². The first-order valence-corrected chi connectivity index (χ1v) is 11.3. The van der Waals surface area contributed by atoms with E-state index < -0.39 is 13.0 Å². The van der Waals surface area contributed by atoms with Gasteiger partial charge in [-0.1, -0.05) is 72.8 Å². The second kappa shape index (κ2) is 9.67. The van der Waals surface area contributed by atoms with E-state index in [0.717, 1.165) is 21.5 Å². The SMILES string of the molecule is O=[N+]([O-])C(c1ccccc1)[P+](c1ccccc1)(c1ccccc1)c1ccccc1.[Cl-]. The first kappa shape index (κ1) is 21.7. The topological polar surface area (TPSA) is 43.1 Å². The van der Waals surface area contributed by atoms with Crippen LogP contribution in [0, 0.1) is 10.1 Å². The molecule has 3 nitrogen and oxygen atoms in total. The molecule has 4 aromatic carbocycles. The Kier molecular flexibility index (Phi) is 6.99. The highest BCUT2D eigenvalue weighted by molar-refractivity contribution is 7.95. The molecule has 0 N–H and O–H groups in total. The van der Waals surface area contributed by atoms with Crippen molar-refractivity contribution < 1.29 is 17.3 Å². The quantitative estimate of drug-likeness (QED) is 0.265. The monoisotopic (exact) mass is 433 g/mol. The Morgan fingerprint density at radius 3 is 1.17 bits per heavy atom. The maximum atomic E-state index is 12.7. The molecule has 1 unspecified atom stereocenters. The van der Waals surface area contributed by atoms with Crippen molar-refractivity contribution >= 4 is 23.2 Å². The van der Waals surface area contributed by atoms with Crippen molar-refractivity contribution in [2.24, 2.45) is 0 Å². The van der Waals surface area contributed by atoms with E-state index in [2.05, 4.69) is 0 Å². The molecule has 5 heteroatoms. The van der Waals surface area contributed by atoms with E-state index in [4.69, 9.17) is 0 Å². The van der Waals surface area contributed by atoms with Crippen molar-refractivity contribution in [2.45, 2.75) is 5.78 Å². The van der Waals surface area contributed by atoms with Crippen molar-refractivity contribution in [3.8, 4) is 0 Å². The zero-order valence-corrected chi connectivity index (χ0v) is 17.9. The molecular formula is C25H21ClNO2P. The van der Waals surface area contributed by atoms with Crippen LogP contribution in [-0.4, -0.2) is 4.92 Å². The minimum atomic E-state index is -2.64. The first-order chi connectivity index (χ1) is 14.2. The van der Waals surface area contributed by atoms with E-state index in [1.54, 1.807) is 0 Å². The van der Waals surface area contributed by atoms with Gasteiger partial charge in [0.2, 0.25) is 0 Å². The number of rotatable bonds is 6. The van der Waals surface area contributed by atoms with E-state index in [1.165, 1.54) is 0 Å². The lowest BCUT2D eigenvalue weighted by Crippen LogP contribution is -3.00. The normalized spacial score (nSPS) is 11.9. The number of nitrogens with zero attached hydrogens (tertiary/aromatic N) is 1. The van der Waals surface area contributed by atoms with E-state index in [0.29, 0.717) is 0 Å². The van der Waals surface area contributed by atoms with Crippen LogP contribution in [0.15, 0.2) is 121 Å². The fourth-order valence-corrected chi connectivity index (χ4v) is 8.54. The highest BCUT2D eigenvalue weighted by atomic mass is 35.5. The van der Waals surface area contributed by atoms with Crippen LogP contribution in [0.1, 0.15) is 11.3 Å². The molecule has 0 radical (unpaired) electrons. The zero-order chi connectivity index (χ0) is 20.1. The van der Waals surface area contributed by atoms with Gasteiger partial charge >= 0.3 is 5.78 Å². The third-order valence-electron chi connectivity index (χ3n) is 5.15. The van der Waals surface area contributed by atoms with Crippen LogP contribution < -0.4 is 28.3 Å². The van der Waals surface area contributed by atoms with Gasteiger partial charge in [-0.05, 0) is 48.5 Å². The van der Waals surface area contributed by atoms with Crippen LogP contribution >= 0.6 is 7.26 Å². The predicted molar refractivity (Wildman–Crippen MR) is 121 cm³/mol. The van der Waals surface area contributed by atoms with E-state index >= 15 is 0 Å². The van der Waals surface area contributed by atoms with Crippen LogP contribution in [0.4, 0.5) is 0 Å². The Morgan fingerprint density at radius 2 is 0.867 bits per heavy atom. The van der Waals surface area contributed by atoms with Crippen LogP contribution in [-0.2, 0) is 0 Å². The molecule has 0 aliphatic carbocycles. The van der Waals surface area contributed by atoms with Gasteiger partial charge in [-0.2, -0.15) is 0 Å². The average molecular weight is 434 g/mol. The highest BCUT2D eigenvalue weighted by Gasteiger charge is 2.60. The highest BCUT2D eigenvalue weighted by Crippen LogP contribution is 2.66. The Morgan fingerprint density at radius 1 is 0.567 bits per heavy atom. The molecule has 0 heterocycles. The second-order valence-corrected chi connectivity index (χ2v) is 10.3. The lowest BCUT2D eigenvalue weighted by atomic mass is 10.2. The van der Waals surface area contributed by atoms with Gasteiger partial charge < -0.3 is 12.4 Å². The van der Waals surface area contributed by atoms with Gasteiger partial charge in [0, 0.05) is 0 Å². The van der Waals surface area contributed by atoms with Crippen LogP contribution in [0.25, 0.3) is 0 Å². The number of halogens is 1. The molecule has 0 fully saturated rings. The second-order valence-electron chi connectivity index (χ2n) is 6.80. The van der Waals surface area contributed by atoms with Gasteiger partial charge in [0.1, 0.15) is 15.9 Å². The molecule has 0 aliphatic heterocycles. The maximum absolute atomic E-state index is 12.7. The molecule has 30 heavy (non-hydrogen) atoms. The summed E-state index contributed by atoms with van der Waals surface area (Å²) in [4.78, 5) is 12.6. The molecule has 4 aromatic rings. The molecule has 1 atom stereocenters. The summed E-state index contributed by atoms with van der Waals surface area (Å²) < 4.78 is 0. The largest absolute Gasteiger partial charge is 1.00 e. The molecule has 0 spiro atoms. The molecule has 150 valence electrons. The summed E-state index contributed by atoms with van der Waals surface area (Å²) in [5, 5.41) is 15.7. The lowest BCUT2D eigenvalue weighted by Gasteiger charge is -2.29. The summed E-state index contributed by atoms with van der Waals surface area (Å²) >= 11 is 0. The number of benzene rings is 4. The summed E-state index contributed by atoms with van der Waals surface area (Å²) in [6.45, 7) is 0. The third kappa shape index (κ3) is 3.87. The molecule has 0 saturated carbocycles. The van der Waals surface area contributed by atoms with E-state index in [1.807, 2.05) is 121 Å². The van der Waals surface area contributed by atoms with E-state index in [9.17, 15) is 10.1 Å². The molecule has 0 aromatic heterocycles. The van der Waals surface area contributed by atoms with Crippen molar-refractivity contribution in [3.05, 3.63) is 137 Å². The van der Waals surface area contributed by atoms with Crippen LogP contribution in [0.5, 0.6) is 0 Å². The van der Waals surface area contributed by atoms with Crippen molar-refractivity contribution in [3.63, 3.8) is 0 Å². The van der Waals surface area contributed by atoms with Crippen molar-refractivity contribution in [2.75, 3.05) is 0 Å². The minimum Gasteiger partial charge on any atom is -1.00 e. The molecule has 0 bridgehead atoms. The molecule has 0 saturated heterocycles. The summed E-state index contributed by atoms with van der Waals surface area (Å²) in [7, 11) is -2.64. The Bertz CT molecular complexity index is 981. The van der Waals surface area contributed by atoms with Gasteiger partial charge in [0.15, 0.2) is 7.26 Å². The Labute approximate surface area is 183 Å². The van der Waals surface area contributed by atoms with E-state index in [-0.39, 0.29) is 17.3 Å². The Hall–Kier alpha value is -3.00. The fraction of sp³-hybridized carbons (Fsp3) is 0.0400. The van der Waals surface area contributed by atoms with Gasteiger partial charge in [0.25, 0.3) is 0 Å². The number of hydrogen-bond acceptors (Lipinski definition) is 2. The number of hydrogen-bond donors (Lipinski definition) is 0. The standard InChI is InChI=1S/C25H21NO2P.ClH/c27-26(28)25(21-13-5-1-6-14-21)29(22-15-7-2-8-16-22,23-17-9-3-10-18-23)24-19-11-4-12-20-24;/h1-20,25H;1H/q+1;/p-1. The first-order valence-electron chi connectivity index (χ1n) is 9.48. The predicted octanol–water partition coefficient (Wildman–Crippen LogP) is 1.96. The summed E-state index contributed by atoms with van der Waals surface area (Å²) in [5.74, 6) is -0.879. The maximum Gasteiger partial charge on any atom is 0.346 e. The molecule has 4 rings (SSSR count). The fourth-order valence-electron chi connectivity index (χ4n) is 3.97. The zero-order valence-electron chi connectivity index (χ0n) is 16.2. The van der Waals surface area contributed by atoms with Gasteiger partial charge in [-0.15, -0.1) is 0 Å². The summed E-state index contributed by atoms with van der Waals surface area (Å²) in [5.41, 5.74) is 0.724. The van der Waals surface area contributed by atoms with Gasteiger partial charge in [-0.25, -0.2) is 0 Å². The van der Waals surface area contributed by atoms with Crippen LogP contribution in [0.3, 0.4) is 0 Å². The minimum absolute atomic E-state index is 0. The smallest absolute Gasteiger partial charge is 0.346 e. The van der Waals surface area contributed by atoms with Crippen molar-refractivity contribution in [1.82, 2.24) is 0 Å². The molecular weight excluding hydrogens is 413 g/mol. The van der Waals surface area contributed by atoms with Crippen LogP contribution in [0.2, 0.25) is 0 Å². The lowest BCUT2D eigenvalue weighted by molar-refractivity contribution is -0.502. The summed E-state index contributed by atoms with van der Waals surface area (Å²) in [6.07, 6.45) is 0. The third-order valence-corrected chi connectivity index (χ3v) is 9.71. The summed E-state index contributed by atoms with van der Waals surface area (Å²) in [6, 6.07) is 39.3. The Balaban J connectivity index is 0.00000256. The molecule has 0 amide bonds. The molecule has 0 aliphatic rings. The average Bonchev–Trinajstić information content (AvgIpc) is 2.79. The van der Waals surface area contributed by atoms with Crippen molar-refractivity contribution in [1.29, 1.82) is 0 Å².